The minimum Gasteiger partial charge on any atom is -0.593 e. The lowest BCUT2D eigenvalue weighted by Gasteiger charge is -2.35. The first-order valence-electron chi connectivity index (χ1n) is 10.6. The molecule has 0 amide bonds. The average molecular weight is 429 g/mol. The smallest absolute Gasteiger partial charge is 0.593 e. The fraction of sp³-hybridized carbons (Fsp3) is 0.160. The number of carbonyl (C=O) groups is 2. The number of carbonyl (C=O) groups excluding carboxylic acids is 2. The zero-order chi connectivity index (χ0) is 22.3. The van der Waals surface area contributed by atoms with E-state index in [0.29, 0.717) is 11.0 Å². The van der Waals surface area contributed by atoms with Crippen LogP contribution >= 0.6 is 0 Å². The second kappa shape index (κ2) is 7.75. The molecule has 7 heteroatoms. The summed E-state index contributed by atoms with van der Waals surface area (Å²) in [5.41, 5.74) is 2.19. The molecule has 2 unspecified atom stereocenters. The molecule has 0 bridgehead atoms. The highest BCUT2D eigenvalue weighted by Gasteiger charge is 2.60. The predicted octanol–water partition coefficient (Wildman–Crippen LogP) is 3.45. The van der Waals surface area contributed by atoms with Crippen LogP contribution in [-0.4, -0.2) is 29.3 Å². The highest BCUT2D eigenvalue weighted by Crippen LogP contribution is 2.34. The fourth-order valence-electron chi connectivity index (χ4n) is 4.65. The number of hydrogen-bond donors (Lipinski definition) is 0. The van der Waals surface area contributed by atoms with E-state index in [1.165, 1.54) is 12.1 Å². The Labute approximate surface area is 185 Å². The summed E-state index contributed by atoms with van der Waals surface area (Å²) in [4.78, 5) is 26.3. The third-order valence-electron chi connectivity index (χ3n) is 6.30. The van der Waals surface area contributed by atoms with Gasteiger partial charge in [0.1, 0.15) is 18.1 Å². The summed E-state index contributed by atoms with van der Waals surface area (Å²) in [7, 11) is 0. The van der Waals surface area contributed by atoms with Crippen molar-refractivity contribution in [2.45, 2.75) is 25.3 Å². The number of halogens is 1. The van der Waals surface area contributed by atoms with E-state index in [0.717, 1.165) is 5.56 Å². The van der Waals surface area contributed by atoms with Crippen LogP contribution in [0.4, 0.5) is 4.39 Å². The molecule has 5 nitrogen and oxygen atoms in total. The first-order chi connectivity index (χ1) is 15.5. The molecule has 3 aromatic rings. The van der Waals surface area contributed by atoms with E-state index < -0.39 is 30.4 Å². The summed E-state index contributed by atoms with van der Waals surface area (Å²) < 4.78 is 28.4. The Morgan fingerprint density at radius 3 is 2.34 bits per heavy atom. The first kappa shape index (κ1) is 20.2. The molecule has 3 atom stereocenters. The van der Waals surface area contributed by atoms with E-state index in [1.807, 2.05) is 43.3 Å². The van der Waals surface area contributed by atoms with Gasteiger partial charge in [0.25, 0.3) is 11.9 Å². The van der Waals surface area contributed by atoms with Crippen LogP contribution < -0.4 is 5.46 Å². The number of rotatable bonds is 3. The quantitative estimate of drug-likeness (QED) is 0.599. The van der Waals surface area contributed by atoms with E-state index in [2.05, 4.69) is 0 Å². The van der Waals surface area contributed by atoms with Crippen molar-refractivity contribution in [2.24, 2.45) is 0 Å². The summed E-state index contributed by atoms with van der Waals surface area (Å²) in [6, 6.07) is 22.7. The summed E-state index contributed by atoms with van der Waals surface area (Å²) in [6.45, 7) is -0.870. The lowest BCUT2D eigenvalue weighted by molar-refractivity contribution is -0.467. The topological polar surface area (TPSA) is 55.6 Å². The Balaban J connectivity index is 1.64. The van der Waals surface area contributed by atoms with Crippen molar-refractivity contribution in [3.8, 4) is 0 Å². The maximum Gasteiger partial charge on any atom is 0.684 e. The summed E-state index contributed by atoms with van der Waals surface area (Å²) in [6.07, 6.45) is 1.44. The third-order valence-corrected chi connectivity index (χ3v) is 6.30. The summed E-state index contributed by atoms with van der Waals surface area (Å²) in [5, 5.41) is 0. The maximum absolute atomic E-state index is 14.8. The van der Waals surface area contributed by atoms with Gasteiger partial charge in [0.05, 0.1) is 12.3 Å². The molecule has 2 aliphatic heterocycles. The van der Waals surface area contributed by atoms with Crippen molar-refractivity contribution < 1.29 is 27.8 Å². The Hall–Kier alpha value is -3.74. The van der Waals surface area contributed by atoms with E-state index in [9.17, 15) is 14.0 Å². The van der Waals surface area contributed by atoms with Crippen LogP contribution in [0.1, 0.15) is 42.0 Å². The highest BCUT2D eigenvalue weighted by atomic mass is 19.1. The summed E-state index contributed by atoms with van der Waals surface area (Å²) in [5.74, 6) is -2.41. The van der Waals surface area contributed by atoms with Crippen LogP contribution in [0, 0.1) is 5.82 Å². The lowest BCUT2D eigenvalue weighted by atomic mass is 9.62. The molecule has 1 fully saturated rings. The molecule has 5 rings (SSSR count). The minimum absolute atomic E-state index is 0.148. The second-order valence-electron chi connectivity index (χ2n) is 8.17. The Morgan fingerprint density at radius 2 is 1.62 bits per heavy atom. The second-order valence-corrected chi connectivity index (χ2v) is 8.17. The van der Waals surface area contributed by atoms with Gasteiger partial charge in [-0.1, -0.05) is 72.8 Å². The zero-order valence-corrected chi connectivity index (χ0v) is 17.5. The molecule has 160 valence electrons. The molecule has 0 aromatic heterocycles. The molecule has 0 N–H and O–H groups in total. The molecule has 2 aliphatic rings. The number of hydrogen-bond acceptors (Lipinski definition) is 4. The predicted molar refractivity (Wildman–Crippen MR) is 118 cm³/mol. The maximum atomic E-state index is 14.8. The van der Waals surface area contributed by atoms with Crippen molar-refractivity contribution in [2.75, 3.05) is 0 Å². The van der Waals surface area contributed by atoms with Crippen molar-refractivity contribution in [3.05, 3.63) is 101 Å². The van der Waals surface area contributed by atoms with Gasteiger partial charge in [-0.3, -0.25) is 9.59 Å². The Morgan fingerprint density at radius 1 is 0.938 bits per heavy atom. The first-order valence-corrected chi connectivity index (χ1v) is 10.6. The Kier molecular flexibility index (Phi) is 4.89. The normalized spacial score (nSPS) is 23.1. The van der Waals surface area contributed by atoms with Gasteiger partial charge >= 0.3 is 6.69 Å². The average Bonchev–Trinajstić information content (AvgIpc) is 3.05. The standard InChI is InChI=1S/C25H21BFNO4/c1-17(18-9-4-2-5-10-18)28-16-21-22(13-8-14-23(21)27)26(28)31-24(29)15-20(25(30)32-26)19-11-6-3-7-12-19/h2-14,16-17,20H,15H2,1H3/t17-,20?,26?/m1/s1. The van der Waals surface area contributed by atoms with Gasteiger partial charge in [-0.05, 0) is 24.0 Å². The Bertz CT molecular complexity index is 1230. The minimum atomic E-state index is -2.77. The van der Waals surface area contributed by atoms with E-state index in [4.69, 9.17) is 9.31 Å². The van der Waals surface area contributed by atoms with Crippen LogP contribution in [0.2, 0.25) is 0 Å². The lowest BCUT2D eigenvalue weighted by Crippen LogP contribution is -2.62. The van der Waals surface area contributed by atoms with Crippen molar-refractivity contribution >= 4 is 30.3 Å². The molecule has 1 spiro atoms. The molecule has 2 heterocycles. The van der Waals surface area contributed by atoms with Crippen LogP contribution in [0.25, 0.3) is 0 Å². The molecule has 0 radical (unpaired) electrons. The largest absolute Gasteiger partial charge is 0.684 e. The van der Waals surface area contributed by atoms with Gasteiger partial charge in [-0.15, -0.1) is 0 Å². The molecule has 1 saturated heterocycles. The van der Waals surface area contributed by atoms with Crippen LogP contribution in [0.3, 0.4) is 0 Å². The SMILES string of the molecule is C[C@H](c1ccccc1)[N+]1=Cc2c(F)cccc2[B-]12OC(=O)CC(c1ccccc1)C(=O)O2. The third kappa shape index (κ3) is 3.21. The van der Waals surface area contributed by atoms with Crippen molar-refractivity contribution in [1.29, 1.82) is 0 Å². The molecule has 3 aromatic carbocycles. The summed E-state index contributed by atoms with van der Waals surface area (Å²) >= 11 is 0. The molecule has 0 aliphatic carbocycles. The van der Waals surface area contributed by atoms with Gasteiger partial charge < -0.3 is 13.8 Å². The fourth-order valence-corrected chi connectivity index (χ4v) is 4.65. The monoisotopic (exact) mass is 429 g/mol. The molecule has 0 saturated carbocycles. The number of nitrogens with zero attached hydrogens (tertiary/aromatic N) is 1. The number of fused-ring (bicyclic) bond motifs is 2. The van der Waals surface area contributed by atoms with Gasteiger partial charge in [-0.2, -0.15) is 0 Å². The van der Waals surface area contributed by atoms with E-state index in [1.54, 1.807) is 41.0 Å². The van der Waals surface area contributed by atoms with Gasteiger partial charge in [0, 0.05) is 11.1 Å². The molecular weight excluding hydrogens is 408 g/mol. The van der Waals surface area contributed by atoms with E-state index >= 15 is 0 Å². The zero-order valence-electron chi connectivity index (χ0n) is 17.5. The number of benzene rings is 3. The van der Waals surface area contributed by atoms with Crippen LogP contribution in [0.15, 0.2) is 78.9 Å². The highest BCUT2D eigenvalue weighted by molar-refractivity contribution is 6.79. The van der Waals surface area contributed by atoms with Crippen molar-refractivity contribution in [3.63, 3.8) is 0 Å². The van der Waals surface area contributed by atoms with Gasteiger partial charge in [-0.25, -0.2) is 4.39 Å². The van der Waals surface area contributed by atoms with Crippen LogP contribution in [0.5, 0.6) is 0 Å². The molecule has 32 heavy (non-hydrogen) atoms. The van der Waals surface area contributed by atoms with Gasteiger partial charge in [0.15, 0.2) is 0 Å². The van der Waals surface area contributed by atoms with Gasteiger partial charge in [0.2, 0.25) is 0 Å². The van der Waals surface area contributed by atoms with Crippen molar-refractivity contribution in [1.82, 2.24) is 0 Å². The van der Waals surface area contributed by atoms with E-state index in [-0.39, 0.29) is 18.0 Å². The van der Waals surface area contributed by atoms with Crippen LogP contribution in [-0.2, 0) is 18.9 Å². The molecular formula is C25H21BFNO4.